The molecule has 0 saturated carbocycles. The fourth-order valence-electron chi connectivity index (χ4n) is 4.10. The fourth-order valence-corrected chi connectivity index (χ4v) is 4.10. The second-order valence-electron chi connectivity index (χ2n) is 7.16. The number of benzene rings is 1. The van der Waals surface area contributed by atoms with Crippen molar-refractivity contribution in [1.29, 1.82) is 5.26 Å². The third-order valence-electron chi connectivity index (χ3n) is 5.48. The van der Waals surface area contributed by atoms with Gasteiger partial charge in [-0.3, -0.25) is 0 Å². The van der Waals surface area contributed by atoms with E-state index in [2.05, 4.69) is 16.0 Å². The van der Waals surface area contributed by atoms with Gasteiger partial charge in [0.2, 0.25) is 5.88 Å². The molecule has 2 aliphatic rings. The Kier molecular flexibility index (Phi) is 4.11. The summed E-state index contributed by atoms with van der Waals surface area (Å²) < 4.78 is 11.5. The molecule has 0 amide bonds. The van der Waals surface area contributed by atoms with E-state index in [4.69, 9.17) is 20.9 Å². The monoisotopic (exact) mass is 388 g/mol. The van der Waals surface area contributed by atoms with E-state index >= 15 is 0 Å². The quantitative estimate of drug-likeness (QED) is 0.685. The van der Waals surface area contributed by atoms with Gasteiger partial charge in [0, 0.05) is 30.5 Å². The smallest absolute Gasteiger partial charge is 0.219 e. The zero-order chi connectivity index (χ0) is 20.0. The lowest BCUT2D eigenvalue weighted by molar-refractivity contribution is 0.122. The number of morpholine rings is 1. The fraction of sp³-hybridized carbons (Fsp3) is 0.286. The third-order valence-corrected chi connectivity index (χ3v) is 5.48. The molecule has 5 rings (SSSR count). The average Bonchev–Trinajstić information content (AvgIpc) is 3.18. The highest BCUT2D eigenvalue weighted by Gasteiger charge is 2.32. The summed E-state index contributed by atoms with van der Waals surface area (Å²) in [4.78, 5) is 11.0. The summed E-state index contributed by atoms with van der Waals surface area (Å²) in [6.45, 7) is 2.47. The predicted molar refractivity (Wildman–Crippen MR) is 110 cm³/mol. The molecule has 2 aliphatic heterocycles. The van der Waals surface area contributed by atoms with Crippen LogP contribution in [0.3, 0.4) is 0 Å². The Morgan fingerprint density at radius 3 is 2.48 bits per heavy atom. The first kappa shape index (κ1) is 17.5. The number of hydrogen-bond donors (Lipinski definition) is 2. The van der Waals surface area contributed by atoms with Gasteiger partial charge in [0.25, 0.3) is 0 Å². The molecule has 1 atom stereocenters. The molecule has 2 aromatic heterocycles. The maximum absolute atomic E-state index is 10.1. The molecule has 1 saturated heterocycles. The van der Waals surface area contributed by atoms with Gasteiger partial charge in [0.1, 0.15) is 35.2 Å². The summed E-state index contributed by atoms with van der Waals surface area (Å²) >= 11 is 0. The van der Waals surface area contributed by atoms with Gasteiger partial charge in [-0.15, -0.1) is 0 Å². The van der Waals surface area contributed by atoms with Gasteiger partial charge in [0.05, 0.1) is 18.6 Å². The van der Waals surface area contributed by atoms with Gasteiger partial charge in [-0.2, -0.15) is 10.2 Å². The van der Waals surface area contributed by atoms with Gasteiger partial charge in [0.15, 0.2) is 0 Å². The number of aromatic nitrogens is 2. The molecular weight excluding hydrogens is 368 g/mol. The molecule has 3 aromatic rings. The number of fused-ring (bicyclic) bond motifs is 3. The van der Waals surface area contributed by atoms with Gasteiger partial charge in [-0.05, 0) is 5.56 Å². The Morgan fingerprint density at radius 1 is 1.03 bits per heavy atom. The molecule has 4 heterocycles. The molecule has 0 radical (unpaired) electrons. The minimum atomic E-state index is -0.184. The van der Waals surface area contributed by atoms with Crippen LogP contribution in [-0.2, 0) is 11.2 Å². The Morgan fingerprint density at radius 2 is 1.76 bits per heavy atom. The molecule has 4 N–H and O–H groups in total. The first-order valence-electron chi connectivity index (χ1n) is 9.53. The number of nitrogens with zero attached hydrogens (tertiary/aromatic N) is 4. The summed E-state index contributed by atoms with van der Waals surface area (Å²) in [6, 6.07) is 12.3. The number of ether oxygens (including phenoxy) is 2. The third kappa shape index (κ3) is 2.79. The number of rotatable bonds is 2. The van der Waals surface area contributed by atoms with Crippen molar-refractivity contribution >= 4 is 28.2 Å². The van der Waals surface area contributed by atoms with E-state index in [-0.39, 0.29) is 17.7 Å². The Balaban J connectivity index is 1.71. The van der Waals surface area contributed by atoms with E-state index in [9.17, 15) is 5.26 Å². The molecule has 8 heteroatoms. The van der Waals surface area contributed by atoms with Crippen LogP contribution in [0.2, 0.25) is 0 Å². The molecule has 1 unspecified atom stereocenters. The Labute approximate surface area is 167 Å². The molecule has 8 nitrogen and oxygen atoms in total. The van der Waals surface area contributed by atoms with Crippen molar-refractivity contribution in [3.8, 4) is 11.9 Å². The number of anilines is 3. The first-order chi connectivity index (χ1) is 14.2. The molecule has 1 fully saturated rings. The van der Waals surface area contributed by atoms with Crippen molar-refractivity contribution in [3.05, 3.63) is 47.0 Å². The minimum absolute atomic E-state index is 0.184. The largest absolute Gasteiger partial charge is 0.469 e. The van der Waals surface area contributed by atoms with E-state index in [0.717, 1.165) is 11.1 Å². The van der Waals surface area contributed by atoms with Gasteiger partial charge >= 0.3 is 0 Å². The van der Waals surface area contributed by atoms with Crippen molar-refractivity contribution in [2.45, 2.75) is 12.5 Å². The molecular formula is C21H20N6O2. The summed E-state index contributed by atoms with van der Waals surface area (Å²) in [6.07, 6.45) is 0.403. The maximum atomic E-state index is 10.1. The lowest BCUT2D eigenvalue weighted by Crippen LogP contribution is -2.37. The average molecular weight is 388 g/mol. The van der Waals surface area contributed by atoms with Crippen molar-refractivity contribution in [2.75, 3.05) is 42.7 Å². The van der Waals surface area contributed by atoms with Crippen LogP contribution in [0.4, 0.5) is 17.5 Å². The van der Waals surface area contributed by atoms with Crippen LogP contribution in [0.15, 0.2) is 30.3 Å². The Hall–Kier alpha value is -3.57. The molecule has 146 valence electrons. The van der Waals surface area contributed by atoms with Crippen LogP contribution in [-0.4, -0.2) is 36.3 Å². The molecule has 1 aromatic carbocycles. The highest BCUT2D eigenvalue weighted by atomic mass is 16.5. The van der Waals surface area contributed by atoms with E-state index in [0.29, 0.717) is 60.8 Å². The normalized spacial score (nSPS) is 18.3. The van der Waals surface area contributed by atoms with Crippen LogP contribution in [0.5, 0.6) is 5.88 Å². The van der Waals surface area contributed by atoms with Gasteiger partial charge < -0.3 is 25.8 Å². The summed E-state index contributed by atoms with van der Waals surface area (Å²) in [7, 11) is 0. The lowest BCUT2D eigenvalue weighted by Gasteiger charge is -2.29. The summed E-state index contributed by atoms with van der Waals surface area (Å²) in [5.74, 6) is 1.52. The first-order valence-corrected chi connectivity index (χ1v) is 9.53. The summed E-state index contributed by atoms with van der Waals surface area (Å²) in [5.41, 5.74) is 14.9. The minimum Gasteiger partial charge on any atom is -0.469 e. The molecule has 0 bridgehead atoms. The van der Waals surface area contributed by atoms with Crippen LogP contribution >= 0.6 is 0 Å². The van der Waals surface area contributed by atoms with Crippen molar-refractivity contribution in [2.24, 2.45) is 0 Å². The molecule has 0 aliphatic carbocycles. The standard InChI is InChI=1S/C21H20N6O2/c22-11-14-16-13-10-15(12-4-2-1-3-5-12)29-21(13)26-19(24)17(16)18(23)25-20(14)27-6-8-28-9-7-27/h1-5,15H,6-10H2,(H2,23,25)(H2,24,26). The van der Waals surface area contributed by atoms with Crippen LogP contribution in [0, 0.1) is 11.3 Å². The molecule has 29 heavy (non-hydrogen) atoms. The van der Waals surface area contributed by atoms with Gasteiger partial charge in [-0.1, -0.05) is 30.3 Å². The van der Waals surface area contributed by atoms with E-state index < -0.39 is 0 Å². The second-order valence-corrected chi connectivity index (χ2v) is 7.16. The van der Waals surface area contributed by atoms with E-state index in [1.807, 2.05) is 35.2 Å². The molecule has 0 spiro atoms. The zero-order valence-electron chi connectivity index (χ0n) is 15.8. The maximum Gasteiger partial charge on any atom is 0.219 e. The number of hydrogen-bond acceptors (Lipinski definition) is 8. The second kappa shape index (κ2) is 6.79. The summed E-state index contributed by atoms with van der Waals surface area (Å²) in [5, 5.41) is 11.3. The number of nitrogen functional groups attached to an aromatic ring is 2. The van der Waals surface area contributed by atoms with Crippen molar-refractivity contribution < 1.29 is 9.47 Å². The SMILES string of the molecule is N#Cc1c(N2CCOCC2)nc(N)c2c(N)nc3c(c12)CC(c1ccccc1)O3. The number of nitrogens with two attached hydrogens (primary N) is 2. The topological polar surface area (TPSA) is 123 Å². The Bertz CT molecular complexity index is 1140. The van der Waals surface area contributed by atoms with Crippen LogP contribution in [0.25, 0.3) is 10.8 Å². The number of nitriles is 1. The highest BCUT2D eigenvalue weighted by Crippen LogP contribution is 2.44. The van der Waals surface area contributed by atoms with Crippen molar-refractivity contribution in [3.63, 3.8) is 0 Å². The van der Waals surface area contributed by atoms with E-state index in [1.54, 1.807) is 0 Å². The highest BCUT2D eigenvalue weighted by molar-refractivity contribution is 6.06. The van der Waals surface area contributed by atoms with Gasteiger partial charge in [-0.25, -0.2) is 4.98 Å². The zero-order valence-corrected chi connectivity index (χ0v) is 15.8. The lowest BCUT2D eigenvalue weighted by atomic mass is 9.97. The number of pyridine rings is 2. The predicted octanol–water partition coefficient (Wildman–Crippen LogP) is 2.18. The van der Waals surface area contributed by atoms with Crippen LogP contribution in [0.1, 0.15) is 22.8 Å². The van der Waals surface area contributed by atoms with E-state index in [1.165, 1.54) is 0 Å². The van der Waals surface area contributed by atoms with Crippen LogP contribution < -0.4 is 21.1 Å². The van der Waals surface area contributed by atoms with Crippen molar-refractivity contribution in [1.82, 2.24) is 9.97 Å².